The van der Waals surface area contributed by atoms with E-state index in [1.54, 1.807) is 0 Å². The molecule has 0 heterocycles. The normalized spacial score (nSPS) is 12.5. The van der Waals surface area contributed by atoms with Crippen LogP contribution in [0.2, 0.25) is 0 Å². The number of hydrogen-bond donors (Lipinski definition) is 0. The second-order valence-electron chi connectivity index (χ2n) is 15.2. The van der Waals surface area contributed by atoms with Gasteiger partial charge in [0.1, 0.15) is 13.2 Å². The molecule has 0 aliphatic carbocycles. The topological polar surface area (TPSA) is 78.9 Å². The molecule has 1 unspecified atom stereocenters. The van der Waals surface area contributed by atoms with Crippen molar-refractivity contribution in [2.45, 2.75) is 246 Å². The molecule has 0 aromatic heterocycles. The Morgan fingerprint density at radius 1 is 0.400 bits per heavy atom. The number of carbonyl (C=O) groups is 3. The Labute approximate surface area is 310 Å². The van der Waals surface area contributed by atoms with Crippen LogP contribution in [0.5, 0.6) is 0 Å². The highest BCUT2D eigenvalue weighted by Gasteiger charge is 2.19. The summed E-state index contributed by atoms with van der Waals surface area (Å²) in [5.74, 6) is -0.0160. The molecule has 0 aromatic rings. The molecule has 0 aliphatic rings. The number of unbranched alkanes of at least 4 members (excludes halogenated alkanes) is 25. The van der Waals surface area contributed by atoms with Crippen molar-refractivity contribution in [3.63, 3.8) is 0 Å². The van der Waals surface area contributed by atoms with Crippen LogP contribution in [0.3, 0.4) is 0 Å². The minimum absolute atomic E-state index is 0.0645. The smallest absolute Gasteiger partial charge is 0.306 e. The number of ether oxygens (including phenoxy) is 3. The van der Waals surface area contributed by atoms with E-state index in [9.17, 15) is 14.4 Å². The maximum atomic E-state index is 12.7. The van der Waals surface area contributed by atoms with Crippen molar-refractivity contribution in [3.8, 4) is 0 Å². The molecule has 296 valence electrons. The van der Waals surface area contributed by atoms with E-state index in [0.717, 1.165) is 63.7 Å². The minimum atomic E-state index is -0.758. The van der Waals surface area contributed by atoms with Crippen LogP contribution in [0.25, 0.3) is 0 Å². The fourth-order valence-electron chi connectivity index (χ4n) is 6.42. The molecule has 2 atom stereocenters. The van der Waals surface area contributed by atoms with Crippen LogP contribution < -0.4 is 0 Å². The lowest BCUT2D eigenvalue weighted by atomic mass is 9.99. The summed E-state index contributed by atoms with van der Waals surface area (Å²) in [6.45, 7) is 8.96. The fourth-order valence-corrected chi connectivity index (χ4v) is 6.42. The first-order valence-corrected chi connectivity index (χ1v) is 21.9. The molecule has 0 aromatic carbocycles. The molecular weight excluding hydrogens is 624 g/mol. The van der Waals surface area contributed by atoms with Gasteiger partial charge >= 0.3 is 17.9 Å². The summed E-state index contributed by atoms with van der Waals surface area (Å²) in [5, 5.41) is 0. The summed E-state index contributed by atoms with van der Waals surface area (Å²) in [7, 11) is 0. The van der Waals surface area contributed by atoms with Gasteiger partial charge < -0.3 is 14.2 Å². The van der Waals surface area contributed by atoms with E-state index < -0.39 is 6.10 Å². The molecule has 0 radical (unpaired) electrons. The van der Waals surface area contributed by atoms with Crippen LogP contribution in [0.4, 0.5) is 0 Å². The van der Waals surface area contributed by atoms with Gasteiger partial charge in [-0.2, -0.15) is 0 Å². The average molecular weight is 709 g/mol. The number of carbonyl (C=O) groups excluding carboxylic acids is 3. The molecule has 0 fully saturated rings. The third-order valence-corrected chi connectivity index (χ3v) is 10.2. The van der Waals surface area contributed by atoms with E-state index in [1.807, 2.05) is 0 Å². The first kappa shape index (κ1) is 48.4. The van der Waals surface area contributed by atoms with Crippen molar-refractivity contribution in [1.29, 1.82) is 0 Å². The van der Waals surface area contributed by atoms with Crippen LogP contribution in [0.1, 0.15) is 240 Å². The van der Waals surface area contributed by atoms with Crippen molar-refractivity contribution < 1.29 is 28.6 Å². The highest BCUT2D eigenvalue weighted by Crippen LogP contribution is 2.16. The van der Waals surface area contributed by atoms with E-state index >= 15 is 0 Å². The zero-order chi connectivity index (χ0) is 36.8. The first-order chi connectivity index (χ1) is 24.4. The van der Waals surface area contributed by atoms with Gasteiger partial charge in [-0.3, -0.25) is 14.4 Å². The predicted octanol–water partition coefficient (Wildman–Crippen LogP) is 13.6. The van der Waals surface area contributed by atoms with E-state index in [4.69, 9.17) is 14.2 Å². The number of hydrogen-bond acceptors (Lipinski definition) is 6. The van der Waals surface area contributed by atoms with Crippen LogP contribution in [0.15, 0.2) is 0 Å². The number of rotatable bonds is 39. The Morgan fingerprint density at radius 2 is 0.700 bits per heavy atom. The summed E-state index contributed by atoms with van der Waals surface area (Å²) in [4.78, 5) is 37.6. The largest absolute Gasteiger partial charge is 0.462 e. The standard InChI is InChI=1S/C44H84O6/c1-5-8-10-12-14-16-17-19-24-28-32-36-43(46)49-39-41(38-48-42(45)35-31-27-23-18-15-13-11-9-6-2)50-44(47)37-33-29-25-21-20-22-26-30-34-40(4)7-3/h40-41H,5-39H2,1-4H3/t40?,41-/m0/s1. The van der Waals surface area contributed by atoms with Crippen LogP contribution in [-0.2, 0) is 28.6 Å². The molecule has 0 N–H and O–H groups in total. The highest BCUT2D eigenvalue weighted by atomic mass is 16.6. The second kappa shape index (κ2) is 38.6. The van der Waals surface area contributed by atoms with Crippen molar-refractivity contribution >= 4 is 17.9 Å². The lowest BCUT2D eigenvalue weighted by Gasteiger charge is -2.18. The molecule has 0 amide bonds. The molecule has 0 spiro atoms. The van der Waals surface area contributed by atoms with Gasteiger partial charge in [0.2, 0.25) is 0 Å². The van der Waals surface area contributed by atoms with Crippen LogP contribution >= 0.6 is 0 Å². The molecular formula is C44H84O6. The van der Waals surface area contributed by atoms with Crippen LogP contribution in [-0.4, -0.2) is 37.2 Å². The van der Waals surface area contributed by atoms with Gasteiger partial charge in [0.15, 0.2) is 6.10 Å². The monoisotopic (exact) mass is 709 g/mol. The maximum absolute atomic E-state index is 12.7. The average Bonchev–Trinajstić information content (AvgIpc) is 3.11. The zero-order valence-corrected chi connectivity index (χ0v) is 33.9. The summed E-state index contributed by atoms with van der Waals surface area (Å²) in [6, 6.07) is 0. The first-order valence-electron chi connectivity index (χ1n) is 21.9. The second-order valence-corrected chi connectivity index (χ2v) is 15.2. The van der Waals surface area contributed by atoms with Gasteiger partial charge in [0.25, 0.3) is 0 Å². The molecule has 0 aliphatic heterocycles. The Bertz CT molecular complexity index is 753. The number of esters is 3. The predicted molar refractivity (Wildman–Crippen MR) is 210 cm³/mol. The van der Waals surface area contributed by atoms with E-state index in [2.05, 4.69) is 27.7 Å². The van der Waals surface area contributed by atoms with Gasteiger partial charge in [0, 0.05) is 19.3 Å². The van der Waals surface area contributed by atoms with E-state index in [0.29, 0.717) is 19.3 Å². The van der Waals surface area contributed by atoms with Crippen molar-refractivity contribution in [2.24, 2.45) is 5.92 Å². The zero-order valence-electron chi connectivity index (χ0n) is 33.9. The fraction of sp³-hybridized carbons (Fsp3) is 0.932. The third kappa shape index (κ3) is 36.2. The highest BCUT2D eigenvalue weighted by molar-refractivity contribution is 5.71. The molecule has 0 rings (SSSR count). The third-order valence-electron chi connectivity index (χ3n) is 10.2. The molecule has 50 heavy (non-hydrogen) atoms. The quantitative estimate of drug-likeness (QED) is 0.0359. The molecule has 0 saturated heterocycles. The molecule has 0 saturated carbocycles. The van der Waals surface area contributed by atoms with Crippen molar-refractivity contribution in [2.75, 3.05) is 13.2 Å². The van der Waals surface area contributed by atoms with Gasteiger partial charge in [0.05, 0.1) is 0 Å². The summed E-state index contributed by atoms with van der Waals surface area (Å²) in [5.41, 5.74) is 0. The Morgan fingerprint density at radius 3 is 1.04 bits per heavy atom. The lowest BCUT2D eigenvalue weighted by molar-refractivity contribution is -0.167. The van der Waals surface area contributed by atoms with E-state index in [1.165, 1.54) is 135 Å². The summed E-state index contributed by atoms with van der Waals surface area (Å²) >= 11 is 0. The van der Waals surface area contributed by atoms with Crippen molar-refractivity contribution in [1.82, 2.24) is 0 Å². The van der Waals surface area contributed by atoms with Gasteiger partial charge in [-0.25, -0.2) is 0 Å². The lowest BCUT2D eigenvalue weighted by Crippen LogP contribution is -2.30. The summed E-state index contributed by atoms with van der Waals surface area (Å²) < 4.78 is 16.7. The maximum Gasteiger partial charge on any atom is 0.306 e. The van der Waals surface area contributed by atoms with Gasteiger partial charge in [-0.15, -0.1) is 0 Å². The molecule has 6 heteroatoms. The summed E-state index contributed by atoms with van der Waals surface area (Å²) in [6.07, 6.45) is 36.5. The Kier molecular flexibility index (Phi) is 37.4. The molecule has 0 bridgehead atoms. The van der Waals surface area contributed by atoms with Crippen LogP contribution in [0, 0.1) is 5.92 Å². The Balaban J connectivity index is 4.34. The van der Waals surface area contributed by atoms with Gasteiger partial charge in [-0.05, 0) is 25.2 Å². The van der Waals surface area contributed by atoms with E-state index in [-0.39, 0.29) is 31.1 Å². The molecule has 6 nitrogen and oxygen atoms in total. The minimum Gasteiger partial charge on any atom is -0.462 e. The van der Waals surface area contributed by atoms with Crippen molar-refractivity contribution in [3.05, 3.63) is 0 Å². The Hall–Kier alpha value is -1.59. The van der Waals surface area contributed by atoms with Gasteiger partial charge in [-0.1, -0.05) is 201 Å². The SMILES string of the molecule is CCCCCCCCCCCCCC(=O)OC[C@H](COC(=O)CCCCCCCCCCC)OC(=O)CCCCCCCCCCC(C)CC.